The van der Waals surface area contributed by atoms with Crippen LogP contribution in [0.1, 0.15) is 13.3 Å². The van der Waals surface area contributed by atoms with Crippen LogP contribution in [0.5, 0.6) is 0 Å². The van der Waals surface area contributed by atoms with E-state index in [9.17, 15) is 13.6 Å². The van der Waals surface area contributed by atoms with Gasteiger partial charge in [0.2, 0.25) is 0 Å². The highest BCUT2D eigenvalue weighted by molar-refractivity contribution is 5.66. The third kappa shape index (κ3) is 2.61. The smallest absolute Gasteiger partial charge is 0.311 e. The average molecular weight is 225 g/mol. The summed E-state index contributed by atoms with van der Waals surface area (Å²) in [5, 5.41) is 9.12. The molecule has 3 N–H and O–H groups in total. The van der Waals surface area contributed by atoms with Gasteiger partial charge in [0.25, 0.3) is 0 Å². The normalized spacial score (nSPS) is 34.9. The second-order valence-electron chi connectivity index (χ2n) is 3.32. The van der Waals surface area contributed by atoms with Crippen LogP contribution in [0.3, 0.4) is 0 Å². The van der Waals surface area contributed by atoms with Gasteiger partial charge in [0, 0.05) is 19.9 Å². The molecular weight excluding hydrogens is 212 g/mol. The fourth-order valence-corrected chi connectivity index (χ4v) is 1.42. The van der Waals surface area contributed by atoms with Gasteiger partial charge in [0.1, 0.15) is 6.10 Å². The Morgan fingerprint density at radius 2 is 2.33 bits per heavy atom. The minimum atomic E-state index is -3.38. The summed E-state index contributed by atoms with van der Waals surface area (Å²) in [6.07, 6.45) is -5.16. The molecule has 0 saturated carbocycles. The molecule has 3 atom stereocenters. The molecule has 0 amide bonds. The Hall–Kier alpha value is -0.790. The van der Waals surface area contributed by atoms with Gasteiger partial charge in [-0.1, -0.05) is 0 Å². The maximum atomic E-state index is 13.5. The third-order valence-electron chi connectivity index (χ3n) is 2.12. The molecule has 15 heavy (non-hydrogen) atoms. The lowest BCUT2D eigenvalue weighted by molar-refractivity contribution is -0.291. The molecule has 5 nitrogen and oxygen atoms in total. The second kappa shape index (κ2) is 4.38. The maximum Gasteiger partial charge on any atom is 0.311 e. The molecule has 0 radical (unpaired) electrons. The SMILES string of the molecule is CC(=O)OC1CC(O)OC(CN)C1(F)F. The first kappa shape index (κ1) is 12.3. The zero-order valence-electron chi connectivity index (χ0n) is 8.15. The Kier molecular flexibility index (Phi) is 3.58. The summed E-state index contributed by atoms with van der Waals surface area (Å²) in [6.45, 7) is 0.567. The molecule has 1 heterocycles. The van der Waals surface area contributed by atoms with E-state index >= 15 is 0 Å². The summed E-state index contributed by atoms with van der Waals surface area (Å²) in [4.78, 5) is 10.6. The molecule has 0 aromatic heterocycles. The van der Waals surface area contributed by atoms with Gasteiger partial charge in [-0.2, -0.15) is 8.78 Å². The van der Waals surface area contributed by atoms with Crippen molar-refractivity contribution in [3.8, 4) is 0 Å². The number of esters is 1. The van der Waals surface area contributed by atoms with Crippen molar-refractivity contribution in [1.29, 1.82) is 0 Å². The Morgan fingerprint density at radius 3 is 2.80 bits per heavy atom. The topological polar surface area (TPSA) is 81.8 Å². The first-order valence-corrected chi connectivity index (χ1v) is 4.46. The predicted octanol–water partition coefficient (Wildman–Crippen LogP) is -0.381. The van der Waals surface area contributed by atoms with E-state index in [4.69, 9.17) is 10.8 Å². The standard InChI is InChI=1S/C8H13F2NO4/c1-4(12)14-5-2-7(13)15-6(3-11)8(5,9)10/h5-7,13H,2-3,11H2,1H3. The number of carbonyl (C=O) groups is 1. The van der Waals surface area contributed by atoms with E-state index in [1.165, 1.54) is 0 Å². The first-order chi connectivity index (χ1) is 6.87. The van der Waals surface area contributed by atoms with Crippen molar-refractivity contribution in [1.82, 2.24) is 0 Å². The molecule has 1 fully saturated rings. The molecule has 0 aromatic rings. The number of halogens is 2. The molecule has 0 spiro atoms. The van der Waals surface area contributed by atoms with Crippen molar-refractivity contribution in [2.45, 2.75) is 37.8 Å². The van der Waals surface area contributed by atoms with Crippen LogP contribution in [0.15, 0.2) is 0 Å². The molecule has 1 saturated heterocycles. The number of rotatable bonds is 2. The van der Waals surface area contributed by atoms with Gasteiger partial charge < -0.3 is 20.3 Å². The minimum Gasteiger partial charge on any atom is -0.456 e. The molecule has 1 aliphatic heterocycles. The molecule has 1 aliphatic rings. The zero-order chi connectivity index (χ0) is 11.6. The summed E-state index contributed by atoms with van der Waals surface area (Å²) < 4.78 is 35.9. The van der Waals surface area contributed by atoms with Crippen LogP contribution >= 0.6 is 0 Å². The quantitative estimate of drug-likeness (QED) is 0.626. The van der Waals surface area contributed by atoms with Gasteiger partial charge in [-0.3, -0.25) is 4.79 Å². The van der Waals surface area contributed by atoms with Crippen molar-refractivity contribution in [2.75, 3.05) is 6.54 Å². The van der Waals surface area contributed by atoms with E-state index in [1.54, 1.807) is 0 Å². The molecule has 0 aliphatic carbocycles. The molecule has 3 unspecified atom stereocenters. The number of carbonyl (C=O) groups excluding carboxylic acids is 1. The number of alkyl halides is 2. The van der Waals surface area contributed by atoms with Crippen LogP contribution in [-0.4, -0.2) is 42.0 Å². The van der Waals surface area contributed by atoms with Crippen molar-refractivity contribution in [2.24, 2.45) is 5.73 Å². The fourth-order valence-electron chi connectivity index (χ4n) is 1.42. The highest BCUT2D eigenvalue weighted by Crippen LogP contribution is 2.35. The average Bonchev–Trinajstić information content (AvgIpc) is 2.10. The molecule has 0 aromatic carbocycles. The number of nitrogens with two attached hydrogens (primary N) is 1. The molecule has 0 bridgehead atoms. The summed E-state index contributed by atoms with van der Waals surface area (Å²) in [7, 11) is 0. The lowest BCUT2D eigenvalue weighted by Gasteiger charge is -2.38. The largest absolute Gasteiger partial charge is 0.456 e. The van der Waals surface area contributed by atoms with Crippen molar-refractivity contribution < 1.29 is 28.2 Å². The number of aliphatic hydroxyl groups is 1. The zero-order valence-corrected chi connectivity index (χ0v) is 8.15. The number of aliphatic hydroxyl groups excluding tert-OH is 1. The lowest BCUT2D eigenvalue weighted by Crippen LogP contribution is -2.57. The fraction of sp³-hybridized carbons (Fsp3) is 0.875. The Balaban J connectivity index is 2.78. The van der Waals surface area contributed by atoms with Gasteiger partial charge in [0.15, 0.2) is 12.4 Å². The highest BCUT2D eigenvalue weighted by Gasteiger charge is 2.54. The predicted molar refractivity (Wildman–Crippen MR) is 45.1 cm³/mol. The first-order valence-electron chi connectivity index (χ1n) is 4.46. The Labute approximate surface area is 85.1 Å². The van der Waals surface area contributed by atoms with E-state index in [0.29, 0.717) is 0 Å². The minimum absolute atomic E-state index is 0.455. The van der Waals surface area contributed by atoms with Gasteiger partial charge in [-0.15, -0.1) is 0 Å². The Morgan fingerprint density at radius 1 is 1.73 bits per heavy atom. The van der Waals surface area contributed by atoms with Crippen LogP contribution < -0.4 is 5.73 Å². The van der Waals surface area contributed by atoms with Crippen LogP contribution in [-0.2, 0) is 14.3 Å². The van der Waals surface area contributed by atoms with Crippen molar-refractivity contribution >= 4 is 5.97 Å². The van der Waals surface area contributed by atoms with Crippen molar-refractivity contribution in [3.05, 3.63) is 0 Å². The van der Waals surface area contributed by atoms with Gasteiger partial charge in [-0.05, 0) is 0 Å². The lowest BCUT2D eigenvalue weighted by atomic mass is 10.00. The van der Waals surface area contributed by atoms with E-state index in [-0.39, 0.29) is 0 Å². The van der Waals surface area contributed by atoms with Gasteiger partial charge in [0.05, 0.1) is 0 Å². The molecule has 7 heteroatoms. The van der Waals surface area contributed by atoms with Gasteiger partial charge >= 0.3 is 11.9 Å². The monoisotopic (exact) mass is 225 g/mol. The maximum absolute atomic E-state index is 13.5. The Bertz CT molecular complexity index is 249. The number of ether oxygens (including phenoxy) is 2. The highest BCUT2D eigenvalue weighted by atomic mass is 19.3. The van der Waals surface area contributed by atoms with Crippen LogP contribution in [0, 0.1) is 0 Å². The van der Waals surface area contributed by atoms with E-state index in [1.807, 2.05) is 0 Å². The van der Waals surface area contributed by atoms with Gasteiger partial charge in [-0.25, -0.2) is 0 Å². The second-order valence-corrected chi connectivity index (χ2v) is 3.32. The van der Waals surface area contributed by atoms with E-state index < -0.39 is 43.4 Å². The number of hydrogen-bond acceptors (Lipinski definition) is 5. The van der Waals surface area contributed by atoms with E-state index in [2.05, 4.69) is 9.47 Å². The van der Waals surface area contributed by atoms with Crippen LogP contribution in [0.25, 0.3) is 0 Å². The number of hydrogen-bond donors (Lipinski definition) is 2. The summed E-state index contributed by atoms with van der Waals surface area (Å²) in [5.41, 5.74) is 5.08. The third-order valence-corrected chi connectivity index (χ3v) is 2.12. The summed E-state index contributed by atoms with van der Waals surface area (Å²) >= 11 is 0. The molecular formula is C8H13F2NO4. The van der Waals surface area contributed by atoms with Crippen molar-refractivity contribution in [3.63, 3.8) is 0 Å². The van der Waals surface area contributed by atoms with E-state index in [0.717, 1.165) is 6.92 Å². The summed E-state index contributed by atoms with van der Waals surface area (Å²) in [6, 6.07) is 0. The molecule has 88 valence electrons. The summed E-state index contributed by atoms with van der Waals surface area (Å²) in [5.74, 6) is -4.20. The molecule has 1 rings (SSSR count). The van der Waals surface area contributed by atoms with Crippen LogP contribution in [0.2, 0.25) is 0 Å². The van der Waals surface area contributed by atoms with Crippen LogP contribution in [0.4, 0.5) is 8.78 Å².